The van der Waals surface area contributed by atoms with Crippen LogP contribution in [0.4, 0.5) is 11.4 Å². The van der Waals surface area contributed by atoms with Crippen LogP contribution in [0.2, 0.25) is 0 Å². The van der Waals surface area contributed by atoms with Crippen molar-refractivity contribution in [3.05, 3.63) is 87.2 Å². The van der Waals surface area contributed by atoms with Gasteiger partial charge in [0.2, 0.25) is 7.28 Å². The van der Waals surface area contributed by atoms with E-state index < -0.39 is 17.4 Å². The number of rotatable bonds is 5. The Hall–Kier alpha value is -2.96. The molecule has 7 nitrogen and oxygen atoms in total. The summed E-state index contributed by atoms with van der Waals surface area (Å²) in [7, 11) is -2.91. The van der Waals surface area contributed by atoms with E-state index in [1.807, 2.05) is 49.4 Å². The van der Waals surface area contributed by atoms with Crippen molar-refractivity contribution >= 4 is 51.0 Å². The van der Waals surface area contributed by atoms with Crippen molar-refractivity contribution in [2.24, 2.45) is 4.74 Å². The molecule has 170 valence electrons. The van der Waals surface area contributed by atoms with Gasteiger partial charge in [-0.3, -0.25) is 15.1 Å². The molecule has 0 unspecified atom stereocenters. The third-order valence-corrected chi connectivity index (χ3v) is 9.40. The summed E-state index contributed by atoms with van der Waals surface area (Å²) >= 11 is 3.46. The lowest BCUT2D eigenvalue weighted by atomic mass is 10.2. The van der Waals surface area contributed by atoms with E-state index in [2.05, 4.69) is 41.7 Å². The Kier molecular flexibility index (Phi) is 6.16. The number of nitro groups is 1. The molecule has 0 saturated heterocycles. The number of furan rings is 1. The Morgan fingerprint density at radius 1 is 1.12 bits per heavy atom. The zero-order valence-electron chi connectivity index (χ0n) is 18.7. The summed E-state index contributed by atoms with van der Waals surface area (Å²) in [5.74, 6) is 1.35. The number of aromatic nitrogens is 1. The lowest BCUT2D eigenvalue weighted by Crippen LogP contribution is -2.26. The normalized spacial score (nSPS) is 13.5. The first-order valence-electron chi connectivity index (χ1n) is 10.3. The van der Waals surface area contributed by atoms with Gasteiger partial charge in [0.15, 0.2) is 11.3 Å². The van der Waals surface area contributed by atoms with Crippen molar-refractivity contribution < 1.29 is 13.9 Å². The van der Waals surface area contributed by atoms with E-state index in [-0.39, 0.29) is 5.69 Å². The molecule has 0 radical (unpaired) electrons. The van der Waals surface area contributed by atoms with E-state index in [1.54, 1.807) is 12.3 Å². The van der Waals surface area contributed by atoms with Gasteiger partial charge in [0, 0.05) is 28.9 Å². The molecule has 0 N–H and O–H groups in total. The van der Waals surface area contributed by atoms with Crippen molar-refractivity contribution in [1.29, 1.82) is 0 Å². The molecule has 0 aliphatic carbocycles. The minimum Gasteiger partial charge on any atom is -0.457 e. The van der Waals surface area contributed by atoms with E-state index in [0.717, 1.165) is 16.7 Å². The number of nitro benzene ring substituents is 1. The number of nitrogens with zero attached hydrogens (tertiary/aromatic N) is 3. The predicted molar refractivity (Wildman–Crippen MR) is 135 cm³/mol. The molecular weight excluding hydrogens is 505 g/mol. The van der Waals surface area contributed by atoms with Gasteiger partial charge in [0.05, 0.1) is 15.1 Å². The van der Waals surface area contributed by atoms with Gasteiger partial charge in [0.1, 0.15) is 11.3 Å². The van der Waals surface area contributed by atoms with Gasteiger partial charge < -0.3 is 8.94 Å². The molecule has 0 aliphatic rings. The Bertz CT molecular complexity index is 1400. The molecule has 33 heavy (non-hydrogen) atoms. The van der Waals surface area contributed by atoms with Gasteiger partial charge in [-0.25, -0.2) is 4.74 Å². The first kappa shape index (κ1) is 23.2. The highest BCUT2D eigenvalue weighted by atomic mass is 79.9. The fraction of sp³-hybridized carbons (Fsp3) is 0.208. The smallest absolute Gasteiger partial charge is 0.270 e. The van der Waals surface area contributed by atoms with Crippen molar-refractivity contribution in [3.8, 4) is 5.75 Å². The van der Waals surface area contributed by atoms with Crippen molar-refractivity contribution in [1.82, 2.24) is 4.98 Å². The maximum Gasteiger partial charge on any atom is 0.270 e. The molecule has 0 fully saturated rings. The van der Waals surface area contributed by atoms with Crippen LogP contribution in [0.25, 0.3) is 10.9 Å². The van der Waals surface area contributed by atoms with E-state index in [9.17, 15) is 10.1 Å². The van der Waals surface area contributed by atoms with Gasteiger partial charge in [-0.2, -0.15) is 0 Å². The van der Waals surface area contributed by atoms with Crippen LogP contribution >= 0.6 is 23.2 Å². The third-order valence-electron chi connectivity index (χ3n) is 5.15. The first-order valence-corrected chi connectivity index (χ1v) is 12.7. The topological polar surface area (TPSA) is 90.8 Å². The van der Waals surface area contributed by atoms with Crippen molar-refractivity contribution in [2.75, 3.05) is 0 Å². The number of non-ortho nitro benzene ring substituents is 1. The molecule has 0 aliphatic heterocycles. The number of aryl methyl sites for hydroxylation is 1. The maximum atomic E-state index is 11.2. The summed E-state index contributed by atoms with van der Waals surface area (Å²) < 4.78 is 18.6. The minimum absolute atomic E-state index is 0.0199. The number of fused-ring (bicyclic) bond motifs is 1. The molecule has 0 bridgehead atoms. The lowest BCUT2D eigenvalue weighted by Gasteiger charge is -2.35. The Morgan fingerprint density at radius 3 is 2.52 bits per heavy atom. The predicted octanol–water partition coefficient (Wildman–Crippen LogP) is 7.76. The molecule has 2 heterocycles. The number of para-hydroxylation sites is 1. The molecule has 0 amide bonds. The highest BCUT2D eigenvalue weighted by molar-refractivity contribution is 9.10. The summed E-state index contributed by atoms with van der Waals surface area (Å²) in [6.07, 6.45) is 1.73. The minimum atomic E-state index is -2.91. The highest BCUT2D eigenvalue weighted by Gasteiger charge is 2.42. The zero-order valence-corrected chi connectivity index (χ0v) is 21.1. The first-order chi connectivity index (χ1) is 15.6. The van der Waals surface area contributed by atoms with Crippen LogP contribution in [0, 0.1) is 17.0 Å². The number of pyridine rings is 1. The van der Waals surface area contributed by atoms with Crippen LogP contribution in [-0.2, 0) is 0 Å². The molecule has 1 atom stereocenters. The number of hydrogen-bond acceptors (Lipinski definition) is 6. The molecule has 4 rings (SSSR count). The molecular formula is C24H23BrN3O4P. The van der Waals surface area contributed by atoms with Crippen molar-refractivity contribution in [2.45, 2.75) is 32.9 Å². The summed E-state index contributed by atoms with van der Waals surface area (Å²) in [5, 5.41) is 11.7. The number of benzene rings is 2. The number of halogens is 1. The van der Waals surface area contributed by atoms with Crippen LogP contribution in [0.1, 0.15) is 26.5 Å². The average Bonchev–Trinajstić information content (AvgIpc) is 3.20. The lowest BCUT2D eigenvalue weighted by molar-refractivity contribution is -0.384. The highest BCUT2D eigenvalue weighted by Crippen LogP contribution is 2.63. The molecule has 2 aromatic carbocycles. The Labute approximate surface area is 200 Å². The van der Waals surface area contributed by atoms with E-state index >= 15 is 0 Å². The monoisotopic (exact) mass is 527 g/mol. The molecule has 2 aromatic heterocycles. The van der Waals surface area contributed by atoms with E-state index in [0.29, 0.717) is 21.4 Å². The summed E-state index contributed by atoms with van der Waals surface area (Å²) in [6, 6.07) is 17.9. The second kappa shape index (κ2) is 8.76. The average molecular weight is 528 g/mol. The molecule has 0 spiro atoms. The maximum absolute atomic E-state index is 11.2. The second-order valence-corrected chi connectivity index (χ2v) is 12.7. The van der Waals surface area contributed by atoms with Crippen LogP contribution in [-0.4, -0.2) is 15.1 Å². The van der Waals surface area contributed by atoms with Gasteiger partial charge in [-0.05, 0) is 53.2 Å². The third kappa shape index (κ3) is 4.45. The Balaban J connectivity index is 2.02. The fourth-order valence-electron chi connectivity index (χ4n) is 3.45. The van der Waals surface area contributed by atoms with Gasteiger partial charge in [0.25, 0.3) is 5.69 Å². The van der Waals surface area contributed by atoms with E-state index in [1.165, 1.54) is 12.1 Å². The molecule has 9 heteroatoms. The summed E-state index contributed by atoms with van der Waals surface area (Å²) in [5.41, 5.74) is 1.89. The second-order valence-electron chi connectivity index (χ2n) is 8.55. The Morgan fingerprint density at radius 2 is 1.88 bits per heavy atom. The van der Waals surface area contributed by atoms with Crippen molar-refractivity contribution in [3.63, 3.8) is 0 Å². The van der Waals surface area contributed by atoms with Gasteiger partial charge >= 0.3 is 0 Å². The standard InChI is InChI=1S/C24H23BrN3O4P/c1-16-10-13-22(31-16)33(24(2,3)4,27-20-12-11-18(28(29)30)15-19(20)25)32-21-9-5-7-17-8-6-14-26-23(17)21/h5-15H,1-4H3/t33-/m0/s1. The van der Waals surface area contributed by atoms with Crippen LogP contribution < -0.4 is 10.0 Å². The summed E-state index contributed by atoms with van der Waals surface area (Å²) in [6.45, 7) is 8.04. The van der Waals surface area contributed by atoms with Crippen LogP contribution in [0.15, 0.2) is 80.5 Å². The molecule has 4 aromatic rings. The molecule has 0 saturated carbocycles. The number of hydrogen-bond donors (Lipinski definition) is 0. The zero-order chi connectivity index (χ0) is 23.8. The van der Waals surface area contributed by atoms with Crippen LogP contribution in [0.5, 0.6) is 5.75 Å². The quantitative estimate of drug-likeness (QED) is 0.150. The SMILES string of the molecule is Cc1ccc([P@](=Nc2ccc([N+](=O)[O-])cc2Br)(Oc2cccc3cccnc23)C(C)(C)C)o1. The van der Waals surface area contributed by atoms with E-state index in [4.69, 9.17) is 13.7 Å². The van der Waals surface area contributed by atoms with Gasteiger partial charge in [-0.15, -0.1) is 0 Å². The van der Waals surface area contributed by atoms with Crippen LogP contribution in [0.3, 0.4) is 0 Å². The fourth-order valence-corrected chi connectivity index (χ4v) is 6.96. The van der Waals surface area contributed by atoms with Gasteiger partial charge in [-0.1, -0.05) is 39.0 Å². The largest absolute Gasteiger partial charge is 0.457 e. The summed E-state index contributed by atoms with van der Waals surface area (Å²) in [4.78, 5) is 15.3.